The Bertz CT molecular complexity index is 1470. The molecule has 2 N–H and O–H groups in total. The molecule has 6 nitrogen and oxygen atoms in total. The van der Waals surface area contributed by atoms with E-state index in [0.717, 1.165) is 19.9 Å². The normalized spacial score (nSPS) is 11.1. The quantitative estimate of drug-likeness (QED) is 0.104. The van der Waals surface area contributed by atoms with Crippen LogP contribution in [0.1, 0.15) is 18.1 Å². The van der Waals surface area contributed by atoms with Gasteiger partial charge in [-0.2, -0.15) is 5.26 Å². The van der Waals surface area contributed by atoms with Crippen molar-refractivity contribution in [2.75, 3.05) is 11.9 Å². The molecule has 0 saturated heterocycles. The van der Waals surface area contributed by atoms with E-state index in [4.69, 9.17) is 9.47 Å². The van der Waals surface area contributed by atoms with Gasteiger partial charge in [-0.15, -0.1) is 0 Å². The van der Waals surface area contributed by atoms with Crippen molar-refractivity contribution in [3.63, 3.8) is 0 Å². The zero-order chi connectivity index (χ0) is 25.5. The van der Waals surface area contributed by atoms with E-state index in [1.54, 1.807) is 18.2 Å². The van der Waals surface area contributed by atoms with Crippen LogP contribution >= 0.6 is 22.6 Å². The smallest absolute Gasteiger partial charge is 0.266 e. The van der Waals surface area contributed by atoms with Crippen molar-refractivity contribution in [2.45, 2.75) is 13.5 Å². The summed E-state index contributed by atoms with van der Waals surface area (Å²) in [6.07, 6.45) is 1.51. The molecule has 0 fully saturated rings. The molecule has 0 saturated carbocycles. The highest BCUT2D eigenvalue weighted by atomic mass is 127. The number of carbonyl (C=O) groups is 1. The number of rotatable bonds is 8. The topological polar surface area (TPSA) is 91.6 Å². The van der Waals surface area contributed by atoms with Crippen LogP contribution in [0.25, 0.3) is 16.8 Å². The van der Waals surface area contributed by atoms with Gasteiger partial charge in [0, 0.05) is 5.69 Å². The van der Waals surface area contributed by atoms with E-state index < -0.39 is 5.91 Å². The Labute approximate surface area is 222 Å². The average molecular weight is 590 g/mol. The summed E-state index contributed by atoms with van der Waals surface area (Å²) in [6, 6.07) is 25.9. The molecular weight excluding hydrogens is 567 g/mol. The van der Waals surface area contributed by atoms with E-state index in [1.807, 2.05) is 43.3 Å². The van der Waals surface area contributed by atoms with Gasteiger partial charge in [-0.1, -0.05) is 42.5 Å². The van der Waals surface area contributed by atoms with Crippen LogP contribution in [0.5, 0.6) is 17.2 Å². The number of fused-ring (bicyclic) bond motifs is 1. The standard InChI is InChI=1S/C29H23IN2O4/c1-2-35-27-16-19(14-22(17-31)29(34)32-23-10-12-24(33)13-11-23)15-26(30)28(27)36-18-21-8-5-7-20-6-3-4-9-25(20)21/h3-16,33H,2,18H2,1H3,(H,32,34)/b22-14+. The second kappa shape index (κ2) is 11.6. The first-order chi connectivity index (χ1) is 17.5. The number of nitriles is 1. The lowest BCUT2D eigenvalue weighted by atomic mass is 10.1. The molecule has 0 spiro atoms. The first kappa shape index (κ1) is 25.1. The van der Waals surface area contributed by atoms with Gasteiger partial charge in [-0.25, -0.2) is 0 Å². The fraction of sp³-hybridized carbons (Fsp3) is 0.103. The van der Waals surface area contributed by atoms with Crippen molar-refractivity contribution >= 4 is 51.0 Å². The fourth-order valence-electron chi connectivity index (χ4n) is 3.70. The van der Waals surface area contributed by atoms with Gasteiger partial charge in [0.1, 0.15) is 24.0 Å². The minimum atomic E-state index is -0.549. The molecule has 4 aromatic rings. The highest BCUT2D eigenvalue weighted by molar-refractivity contribution is 14.1. The molecule has 0 radical (unpaired) electrons. The summed E-state index contributed by atoms with van der Waals surface area (Å²) in [7, 11) is 0. The lowest BCUT2D eigenvalue weighted by Gasteiger charge is -2.16. The van der Waals surface area contributed by atoms with Gasteiger partial charge in [0.25, 0.3) is 5.91 Å². The molecule has 36 heavy (non-hydrogen) atoms. The number of benzene rings is 4. The summed E-state index contributed by atoms with van der Waals surface area (Å²) < 4.78 is 12.9. The lowest BCUT2D eigenvalue weighted by molar-refractivity contribution is -0.112. The van der Waals surface area contributed by atoms with Crippen molar-refractivity contribution in [3.05, 3.63) is 99.1 Å². The molecule has 180 valence electrons. The van der Waals surface area contributed by atoms with E-state index >= 15 is 0 Å². The minimum Gasteiger partial charge on any atom is -0.508 e. The predicted molar refractivity (Wildman–Crippen MR) is 149 cm³/mol. The Hall–Kier alpha value is -4.03. The lowest BCUT2D eigenvalue weighted by Crippen LogP contribution is -2.13. The van der Waals surface area contributed by atoms with E-state index in [2.05, 4.69) is 46.1 Å². The Morgan fingerprint density at radius 2 is 1.81 bits per heavy atom. The Kier molecular flexibility index (Phi) is 8.08. The third-order valence-corrected chi connectivity index (χ3v) is 6.19. The van der Waals surface area contributed by atoms with Crippen LogP contribution in [-0.4, -0.2) is 17.6 Å². The molecule has 1 amide bonds. The third kappa shape index (κ3) is 5.96. The Morgan fingerprint density at radius 1 is 1.06 bits per heavy atom. The number of hydrogen-bond acceptors (Lipinski definition) is 5. The Morgan fingerprint density at radius 3 is 2.56 bits per heavy atom. The molecule has 4 rings (SSSR count). The number of halogens is 1. The third-order valence-electron chi connectivity index (χ3n) is 5.38. The highest BCUT2D eigenvalue weighted by Crippen LogP contribution is 2.36. The molecule has 0 aliphatic carbocycles. The van der Waals surface area contributed by atoms with Crippen molar-refractivity contribution < 1.29 is 19.4 Å². The maximum atomic E-state index is 12.6. The van der Waals surface area contributed by atoms with Crippen LogP contribution in [-0.2, 0) is 11.4 Å². The number of nitrogens with zero attached hydrogens (tertiary/aromatic N) is 1. The van der Waals surface area contributed by atoms with Crippen LogP contribution in [0.3, 0.4) is 0 Å². The first-order valence-electron chi connectivity index (χ1n) is 11.3. The molecule has 0 bridgehead atoms. The molecule has 0 heterocycles. The zero-order valence-electron chi connectivity index (χ0n) is 19.5. The van der Waals surface area contributed by atoms with Crippen molar-refractivity contribution in [2.24, 2.45) is 0 Å². The Balaban J connectivity index is 1.59. The van der Waals surface area contributed by atoms with Crippen LogP contribution in [0.15, 0.2) is 84.4 Å². The van der Waals surface area contributed by atoms with Gasteiger partial charge in [-0.3, -0.25) is 4.79 Å². The maximum Gasteiger partial charge on any atom is 0.266 e. The van der Waals surface area contributed by atoms with Crippen LogP contribution in [0, 0.1) is 14.9 Å². The van der Waals surface area contributed by atoms with Crippen LogP contribution in [0.2, 0.25) is 0 Å². The van der Waals surface area contributed by atoms with E-state index in [1.165, 1.54) is 18.2 Å². The van der Waals surface area contributed by atoms with Crippen molar-refractivity contribution in [3.8, 4) is 23.3 Å². The predicted octanol–water partition coefficient (Wildman–Crippen LogP) is 6.67. The molecule has 0 unspecified atom stereocenters. The summed E-state index contributed by atoms with van der Waals surface area (Å²) in [4.78, 5) is 12.6. The van der Waals surface area contributed by atoms with E-state index in [9.17, 15) is 15.2 Å². The number of anilines is 1. The number of phenolic OH excluding ortho intramolecular Hbond substituents is 1. The largest absolute Gasteiger partial charge is 0.508 e. The molecule has 4 aromatic carbocycles. The average Bonchev–Trinajstić information content (AvgIpc) is 2.88. The molecule has 0 aromatic heterocycles. The van der Waals surface area contributed by atoms with E-state index in [-0.39, 0.29) is 11.3 Å². The summed E-state index contributed by atoms with van der Waals surface area (Å²) in [5.41, 5.74) is 2.11. The first-order valence-corrected chi connectivity index (χ1v) is 12.3. The zero-order valence-corrected chi connectivity index (χ0v) is 21.7. The molecule has 0 aliphatic heterocycles. The number of aromatic hydroxyl groups is 1. The minimum absolute atomic E-state index is 0.0641. The maximum absolute atomic E-state index is 12.6. The van der Waals surface area contributed by atoms with Crippen LogP contribution < -0.4 is 14.8 Å². The van der Waals surface area contributed by atoms with Crippen molar-refractivity contribution in [1.29, 1.82) is 5.26 Å². The number of phenols is 1. The summed E-state index contributed by atoms with van der Waals surface area (Å²) in [5, 5.41) is 23.9. The second-order valence-electron chi connectivity index (χ2n) is 7.86. The molecule has 0 atom stereocenters. The molecule has 7 heteroatoms. The summed E-state index contributed by atoms with van der Waals surface area (Å²) in [6.45, 7) is 2.68. The molecule has 0 aliphatic rings. The number of amides is 1. The summed E-state index contributed by atoms with van der Waals surface area (Å²) >= 11 is 2.17. The van der Waals surface area contributed by atoms with Crippen molar-refractivity contribution in [1.82, 2.24) is 0 Å². The van der Waals surface area contributed by atoms with Gasteiger partial charge in [-0.05, 0) is 93.9 Å². The summed E-state index contributed by atoms with van der Waals surface area (Å²) in [5.74, 6) is 0.680. The number of hydrogen-bond donors (Lipinski definition) is 2. The van der Waals surface area contributed by atoms with Crippen LogP contribution in [0.4, 0.5) is 5.69 Å². The SMILES string of the molecule is CCOc1cc(/C=C(\C#N)C(=O)Nc2ccc(O)cc2)cc(I)c1OCc1cccc2ccccc12. The van der Waals surface area contributed by atoms with Gasteiger partial charge in [0.05, 0.1) is 10.2 Å². The highest BCUT2D eigenvalue weighted by Gasteiger charge is 2.15. The van der Waals surface area contributed by atoms with Gasteiger partial charge >= 0.3 is 0 Å². The number of carbonyl (C=O) groups excluding carboxylic acids is 1. The molecular formula is C29H23IN2O4. The van der Waals surface area contributed by atoms with Gasteiger partial charge in [0.2, 0.25) is 0 Å². The van der Waals surface area contributed by atoms with Gasteiger partial charge < -0.3 is 19.9 Å². The number of nitrogens with one attached hydrogen (secondary N) is 1. The van der Waals surface area contributed by atoms with E-state index in [0.29, 0.717) is 36.0 Å². The number of ether oxygens (including phenoxy) is 2. The van der Waals surface area contributed by atoms with Gasteiger partial charge in [0.15, 0.2) is 11.5 Å². The fourth-order valence-corrected chi connectivity index (χ4v) is 4.48. The second-order valence-corrected chi connectivity index (χ2v) is 9.02. The monoisotopic (exact) mass is 590 g/mol.